The van der Waals surface area contributed by atoms with Gasteiger partial charge in [0.25, 0.3) is 0 Å². The molecule has 1 atom stereocenters. The lowest BCUT2D eigenvalue weighted by Crippen LogP contribution is -2.50. The number of nitrogens with zero attached hydrogens (tertiary/aromatic N) is 2. The van der Waals surface area contributed by atoms with Crippen molar-refractivity contribution in [3.05, 3.63) is 54.1 Å². The summed E-state index contributed by atoms with van der Waals surface area (Å²) in [7, 11) is 3.99. The Morgan fingerprint density at radius 2 is 1.94 bits per heavy atom. The first-order valence-corrected chi connectivity index (χ1v) is 10.9. The number of benzene rings is 2. The summed E-state index contributed by atoms with van der Waals surface area (Å²) >= 11 is 0. The van der Waals surface area contributed by atoms with Crippen LogP contribution in [0.2, 0.25) is 0 Å². The number of urea groups is 1. The Hall–Kier alpha value is -2.93. The van der Waals surface area contributed by atoms with Gasteiger partial charge >= 0.3 is 6.03 Å². The van der Waals surface area contributed by atoms with Crippen molar-refractivity contribution in [2.24, 2.45) is 0 Å². The number of hydrogen-bond acceptors (Lipinski definition) is 5. The van der Waals surface area contributed by atoms with E-state index in [1.807, 2.05) is 60.5 Å². The zero-order valence-electron chi connectivity index (χ0n) is 18.3. The van der Waals surface area contributed by atoms with Crippen LogP contribution in [0.4, 0.5) is 4.79 Å². The second-order valence-electron chi connectivity index (χ2n) is 8.27. The van der Waals surface area contributed by atoms with Crippen molar-refractivity contribution in [2.45, 2.75) is 31.6 Å². The molecule has 0 aliphatic carbocycles. The third kappa shape index (κ3) is 5.61. The summed E-state index contributed by atoms with van der Waals surface area (Å²) in [4.78, 5) is 16.7. The fourth-order valence-corrected chi connectivity index (χ4v) is 3.90. The average molecular weight is 426 g/mol. The zero-order chi connectivity index (χ0) is 21.6. The van der Waals surface area contributed by atoms with Crippen molar-refractivity contribution < 1.29 is 19.0 Å². The fourth-order valence-electron chi connectivity index (χ4n) is 3.90. The summed E-state index contributed by atoms with van der Waals surface area (Å²) in [5.74, 6) is 2.05. The van der Waals surface area contributed by atoms with Gasteiger partial charge in [0.05, 0.1) is 6.54 Å². The van der Waals surface area contributed by atoms with Crippen molar-refractivity contribution in [3.63, 3.8) is 0 Å². The van der Waals surface area contributed by atoms with Crippen molar-refractivity contribution in [3.8, 4) is 17.2 Å². The Morgan fingerprint density at radius 3 is 2.71 bits per heavy atom. The fraction of sp³-hybridized carbons (Fsp3) is 0.458. The Balaban J connectivity index is 1.27. The number of nitrogens with one attached hydrogen (secondary N) is 1. The van der Waals surface area contributed by atoms with Gasteiger partial charge in [-0.25, -0.2) is 4.79 Å². The number of likely N-dealkylation sites (tertiary alicyclic amines) is 1. The smallest absolute Gasteiger partial charge is 0.317 e. The highest BCUT2D eigenvalue weighted by Crippen LogP contribution is 2.35. The van der Waals surface area contributed by atoms with Gasteiger partial charge in [0.1, 0.15) is 19.0 Å². The van der Waals surface area contributed by atoms with Crippen LogP contribution in [0, 0.1) is 0 Å². The Labute approximate surface area is 183 Å². The number of rotatable bonds is 6. The van der Waals surface area contributed by atoms with Gasteiger partial charge in [0, 0.05) is 19.2 Å². The number of fused-ring (bicyclic) bond motifs is 1. The molecule has 1 N–H and O–H groups in total. The molecule has 0 bridgehead atoms. The SMILES string of the molecule is CN1CCC(N(C)C(=O)NC[C@@H]2COc3ccc(OCc4ccccc4)cc3O2)CC1. The maximum Gasteiger partial charge on any atom is 0.317 e. The minimum Gasteiger partial charge on any atom is -0.489 e. The molecule has 2 heterocycles. The molecular formula is C24H31N3O4. The summed E-state index contributed by atoms with van der Waals surface area (Å²) in [6.07, 6.45) is 1.76. The molecule has 2 amide bonds. The van der Waals surface area contributed by atoms with Crippen LogP contribution in [-0.4, -0.2) is 68.3 Å². The van der Waals surface area contributed by atoms with Crippen LogP contribution < -0.4 is 19.5 Å². The lowest BCUT2D eigenvalue weighted by atomic mass is 10.0. The molecule has 0 aromatic heterocycles. The summed E-state index contributed by atoms with van der Waals surface area (Å²) in [6.45, 7) is 3.32. The predicted molar refractivity (Wildman–Crippen MR) is 119 cm³/mol. The molecule has 2 aliphatic heterocycles. The minimum atomic E-state index is -0.244. The molecule has 2 aliphatic rings. The van der Waals surface area contributed by atoms with Crippen molar-refractivity contribution in [1.29, 1.82) is 0 Å². The number of amides is 2. The molecule has 7 heteroatoms. The lowest BCUT2D eigenvalue weighted by Gasteiger charge is -2.35. The normalized spacial score (nSPS) is 19.0. The molecule has 7 nitrogen and oxygen atoms in total. The second kappa shape index (κ2) is 9.92. The van der Waals surface area contributed by atoms with Crippen molar-refractivity contribution in [2.75, 3.05) is 40.3 Å². The molecule has 1 fully saturated rings. The lowest BCUT2D eigenvalue weighted by molar-refractivity contribution is 0.0879. The Bertz CT molecular complexity index is 868. The molecule has 31 heavy (non-hydrogen) atoms. The molecule has 2 aromatic carbocycles. The average Bonchev–Trinajstić information content (AvgIpc) is 2.81. The van der Waals surface area contributed by atoms with E-state index in [0.717, 1.165) is 37.2 Å². The van der Waals surface area contributed by atoms with Gasteiger partial charge in [-0.3, -0.25) is 0 Å². The van der Waals surface area contributed by atoms with E-state index in [9.17, 15) is 4.79 Å². The molecule has 0 radical (unpaired) electrons. The van der Waals surface area contributed by atoms with E-state index in [-0.39, 0.29) is 18.2 Å². The second-order valence-corrected chi connectivity index (χ2v) is 8.27. The van der Waals surface area contributed by atoms with E-state index < -0.39 is 0 Å². The third-order valence-electron chi connectivity index (χ3n) is 5.92. The molecule has 2 aromatic rings. The standard InChI is InChI=1S/C24H31N3O4/c1-26-12-10-19(11-13-26)27(2)24(28)25-15-21-17-30-22-9-8-20(14-23(22)31-21)29-16-18-6-4-3-5-7-18/h3-9,14,19,21H,10-13,15-17H2,1-2H3,(H,25,28)/t21-/m1/s1. The van der Waals surface area contributed by atoms with Gasteiger partial charge in [0.15, 0.2) is 17.6 Å². The molecule has 4 rings (SSSR count). The molecule has 1 saturated heterocycles. The van der Waals surface area contributed by atoms with E-state index in [1.165, 1.54) is 0 Å². The van der Waals surface area contributed by atoms with Gasteiger partial charge in [-0.15, -0.1) is 0 Å². The molecule has 166 valence electrons. The van der Waals surface area contributed by atoms with Gasteiger partial charge in [0.2, 0.25) is 0 Å². The number of hydrogen-bond donors (Lipinski definition) is 1. The topological polar surface area (TPSA) is 63.3 Å². The first kappa shape index (κ1) is 21.3. The number of ether oxygens (including phenoxy) is 3. The van der Waals surface area contributed by atoms with Crippen LogP contribution in [0.1, 0.15) is 18.4 Å². The van der Waals surface area contributed by atoms with Crippen LogP contribution in [-0.2, 0) is 6.61 Å². The van der Waals surface area contributed by atoms with Gasteiger partial charge in [-0.1, -0.05) is 30.3 Å². The number of carbonyl (C=O) groups is 1. The van der Waals surface area contributed by atoms with Crippen LogP contribution in [0.5, 0.6) is 17.2 Å². The summed E-state index contributed by atoms with van der Waals surface area (Å²) in [5, 5.41) is 2.99. The largest absolute Gasteiger partial charge is 0.489 e. The third-order valence-corrected chi connectivity index (χ3v) is 5.92. The highest BCUT2D eigenvalue weighted by molar-refractivity contribution is 5.74. The van der Waals surface area contributed by atoms with Gasteiger partial charge < -0.3 is 29.3 Å². The van der Waals surface area contributed by atoms with Crippen LogP contribution in [0.3, 0.4) is 0 Å². The predicted octanol–water partition coefficient (Wildman–Crippen LogP) is 3.14. The maximum atomic E-state index is 12.6. The van der Waals surface area contributed by atoms with E-state index in [4.69, 9.17) is 14.2 Å². The summed E-state index contributed by atoms with van der Waals surface area (Å²) < 4.78 is 17.8. The number of carbonyl (C=O) groups excluding carboxylic acids is 1. The quantitative estimate of drug-likeness (QED) is 0.770. The van der Waals surface area contributed by atoms with E-state index in [1.54, 1.807) is 0 Å². The summed E-state index contributed by atoms with van der Waals surface area (Å²) in [5.41, 5.74) is 1.10. The first-order valence-electron chi connectivity index (χ1n) is 10.9. The highest BCUT2D eigenvalue weighted by atomic mass is 16.6. The monoisotopic (exact) mass is 425 g/mol. The maximum absolute atomic E-state index is 12.6. The first-order chi connectivity index (χ1) is 15.1. The van der Waals surface area contributed by atoms with Crippen molar-refractivity contribution >= 4 is 6.03 Å². The zero-order valence-corrected chi connectivity index (χ0v) is 18.3. The van der Waals surface area contributed by atoms with E-state index in [2.05, 4.69) is 17.3 Å². The molecule has 0 spiro atoms. The van der Waals surface area contributed by atoms with E-state index >= 15 is 0 Å². The van der Waals surface area contributed by atoms with Crippen LogP contribution in [0.15, 0.2) is 48.5 Å². The molecule has 0 saturated carbocycles. The Kier molecular flexibility index (Phi) is 6.82. The van der Waals surface area contributed by atoms with E-state index in [0.29, 0.717) is 31.3 Å². The highest BCUT2D eigenvalue weighted by Gasteiger charge is 2.26. The van der Waals surface area contributed by atoms with Crippen LogP contribution in [0.25, 0.3) is 0 Å². The van der Waals surface area contributed by atoms with Crippen LogP contribution >= 0.6 is 0 Å². The van der Waals surface area contributed by atoms with Crippen molar-refractivity contribution in [1.82, 2.24) is 15.1 Å². The van der Waals surface area contributed by atoms with Gasteiger partial charge in [-0.05, 0) is 50.7 Å². The minimum absolute atomic E-state index is 0.0658. The Morgan fingerprint density at radius 1 is 1.16 bits per heavy atom. The molecule has 0 unspecified atom stereocenters. The molecular weight excluding hydrogens is 394 g/mol. The van der Waals surface area contributed by atoms with Gasteiger partial charge in [-0.2, -0.15) is 0 Å². The number of piperidine rings is 1. The summed E-state index contributed by atoms with van der Waals surface area (Å²) in [6, 6.07) is 15.8.